The molecular formula is C20H17Cl2N7O. The number of hydrogen-bond acceptors (Lipinski definition) is 5. The Morgan fingerprint density at radius 3 is 2.70 bits per heavy atom. The van der Waals surface area contributed by atoms with Gasteiger partial charge < -0.3 is 15.6 Å². The van der Waals surface area contributed by atoms with E-state index in [1.54, 1.807) is 29.5 Å². The number of aryl methyl sites for hydroxylation is 1. The highest BCUT2D eigenvalue weighted by molar-refractivity contribution is 6.43. The number of nitrogens with zero attached hydrogens (tertiary/aromatic N) is 5. The summed E-state index contributed by atoms with van der Waals surface area (Å²) in [6.07, 6.45) is 4.72. The van der Waals surface area contributed by atoms with Crippen molar-refractivity contribution in [1.82, 2.24) is 24.3 Å². The van der Waals surface area contributed by atoms with E-state index < -0.39 is 0 Å². The zero-order chi connectivity index (χ0) is 20.9. The Hall–Kier alpha value is -2.81. The molecule has 5 heterocycles. The summed E-state index contributed by atoms with van der Waals surface area (Å²) >= 11 is 13.1. The molecule has 3 aromatic heterocycles. The van der Waals surface area contributed by atoms with Crippen molar-refractivity contribution in [3.63, 3.8) is 0 Å². The third-order valence-electron chi connectivity index (χ3n) is 6.15. The van der Waals surface area contributed by atoms with Gasteiger partial charge in [0.05, 0.1) is 27.4 Å². The minimum absolute atomic E-state index is 0.0263. The van der Waals surface area contributed by atoms with Gasteiger partial charge in [0.15, 0.2) is 0 Å². The van der Waals surface area contributed by atoms with E-state index in [1.165, 1.54) is 0 Å². The Morgan fingerprint density at radius 2 is 2.00 bits per heavy atom. The summed E-state index contributed by atoms with van der Waals surface area (Å²) in [5.74, 6) is 0.591. The third-order valence-corrected chi connectivity index (χ3v) is 6.98. The number of aromatic nitrogens is 5. The summed E-state index contributed by atoms with van der Waals surface area (Å²) in [5, 5.41) is 6.40. The molecule has 2 bridgehead atoms. The molecule has 1 aliphatic carbocycles. The average Bonchev–Trinajstić information content (AvgIpc) is 3.43. The van der Waals surface area contributed by atoms with Crippen LogP contribution >= 0.6 is 23.2 Å². The van der Waals surface area contributed by atoms with Crippen LogP contribution in [0.4, 0.5) is 5.95 Å². The first-order valence-corrected chi connectivity index (χ1v) is 10.3. The molecule has 7 rings (SSSR count). The van der Waals surface area contributed by atoms with Gasteiger partial charge in [0, 0.05) is 49.6 Å². The number of aromatic amines is 1. The van der Waals surface area contributed by atoms with E-state index in [0.717, 1.165) is 12.1 Å². The smallest absolute Gasteiger partial charge is 0.264 e. The van der Waals surface area contributed by atoms with Gasteiger partial charge in [-0.2, -0.15) is 10.1 Å². The van der Waals surface area contributed by atoms with Gasteiger partial charge in [0.2, 0.25) is 5.95 Å². The number of rotatable bonds is 2. The predicted molar refractivity (Wildman–Crippen MR) is 118 cm³/mol. The maximum absolute atomic E-state index is 13.3. The lowest BCUT2D eigenvalue weighted by atomic mass is 10.0. The molecule has 0 saturated carbocycles. The molecule has 2 aliphatic heterocycles. The van der Waals surface area contributed by atoms with Crippen molar-refractivity contribution < 1.29 is 0 Å². The highest BCUT2D eigenvalue weighted by Crippen LogP contribution is 2.42. The minimum Gasteiger partial charge on any atom is -0.345 e. The standard InChI is InChI=1S/C20H17Cl2N7O/c1-27-19(30)14-10(9-3-4-12-15(16(9)21)17(22)28(2)26-12)7-24-18(14)25-20(27)29-8-5-11(23)13(29)6-8/h3-5,7,11,13,24H,6,23H2,1-2H3/t11-,13-/m1/s1. The summed E-state index contributed by atoms with van der Waals surface area (Å²) < 4.78 is 3.14. The number of nitrogens with one attached hydrogen (secondary N) is 1. The van der Waals surface area contributed by atoms with Crippen LogP contribution in [0.1, 0.15) is 6.42 Å². The summed E-state index contributed by atoms with van der Waals surface area (Å²) in [5.41, 5.74) is 9.68. The number of nitrogens with two attached hydrogens (primary N) is 1. The van der Waals surface area contributed by atoms with Crippen molar-refractivity contribution in [2.24, 2.45) is 19.8 Å². The van der Waals surface area contributed by atoms with Crippen LogP contribution in [-0.4, -0.2) is 36.4 Å². The van der Waals surface area contributed by atoms with E-state index in [2.05, 4.69) is 10.1 Å². The Labute approximate surface area is 180 Å². The zero-order valence-electron chi connectivity index (χ0n) is 16.1. The lowest BCUT2D eigenvalue weighted by Gasteiger charge is -2.40. The van der Waals surface area contributed by atoms with E-state index in [4.69, 9.17) is 33.9 Å². The van der Waals surface area contributed by atoms with Gasteiger partial charge in [-0.1, -0.05) is 29.3 Å². The second-order valence-electron chi connectivity index (χ2n) is 7.81. The Bertz CT molecular complexity index is 1480. The lowest BCUT2D eigenvalue weighted by molar-refractivity contribution is 0.515. The fourth-order valence-electron chi connectivity index (χ4n) is 4.57. The SMILES string of the molecule is Cn1nc2ccc(-c3c[nH]c4nc(N5C6=C[C@@H](N)[C@H]5C6)n(C)c(=O)c34)c(Cl)c2c1Cl. The van der Waals surface area contributed by atoms with Gasteiger partial charge in [-0.05, 0) is 12.1 Å². The molecule has 3 N–H and O–H groups in total. The van der Waals surface area contributed by atoms with Gasteiger partial charge in [0.25, 0.3) is 5.56 Å². The predicted octanol–water partition coefficient (Wildman–Crippen LogP) is 2.93. The van der Waals surface area contributed by atoms with Crippen LogP contribution in [0.3, 0.4) is 0 Å². The van der Waals surface area contributed by atoms with Crippen LogP contribution in [0.5, 0.6) is 0 Å². The molecule has 1 fully saturated rings. The van der Waals surface area contributed by atoms with Gasteiger partial charge in [0.1, 0.15) is 10.8 Å². The van der Waals surface area contributed by atoms with Gasteiger partial charge in [-0.15, -0.1) is 0 Å². The molecule has 1 saturated heterocycles. The van der Waals surface area contributed by atoms with Crippen LogP contribution < -0.4 is 16.2 Å². The molecule has 10 heteroatoms. The van der Waals surface area contributed by atoms with Crippen LogP contribution in [-0.2, 0) is 14.1 Å². The van der Waals surface area contributed by atoms with Crippen LogP contribution in [0.15, 0.2) is 34.9 Å². The molecule has 0 radical (unpaired) electrons. The van der Waals surface area contributed by atoms with Crippen molar-refractivity contribution in [1.29, 1.82) is 0 Å². The van der Waals surface area contributed by atoms with E-state index >= 15 is 0 Å². The Morgan fingerprint density at radius 1 is 1.20 bits per heavy atom. The second kappa shape index (κ2) is 5.87. The summed E-state index contributed by atoms with van der Waals surface area (Å²) in [6.45, 7) is 0. The average molecular weight is 442 g/mol. The van der Waals surface area contributed by atoms with Gasteiger partial charge in [-0.25, -0.2) is 0 Å². The number of halogens is 2. The van der Waals surface area contributed by atoms with E-state index in [1.807, 2.05) is 23.1 Å². The third kappa shape index (κ3) is 2.13. The quantitative estimate of drug-likeness (QED) is 0.498. The van der Waals surface area contributed by atoms with Crippen molar-refractivity contribution in [3.8, 4) is 11.1 Å². The van der Waals surface area contributed by atoms with Gasteiger partial charge >= 0.3 is 0 Å². The molecule has 0 spiro atoms. The zero-order valence-corrected chi connectivity index (χ0v) is 17.7. The molecule has 0 unspecified atom stereocenters. The summed E-state index contributed by atoms with van der Waals surface area (Å²) in [7, 11) is 3.49. The van der Waals surface area contributed by atoms with E-state index in [0.29, 0.717) is 49.2 Å². The maximum atomic E-state index is 13.3. The van der Waals surface area contributed by atoms with Gasteiger partial charge in [-0.3, -0.25) is 14.0 Å². The number of benzene rings is 1. The highest BCUT2D eigenvalue weighted by atomic mass is 35.5. The maximum Gasteiger partial charge on any atom is 0.264 e. The monoisotopic (exact) mass is 441 g/mol. The first-order chi connectivity index (χ1) is 14.4. The molecule has 152 valence electrons. The highest BCUT2D eigenvalue weighted by Gasteiger charge is 2.45. The number of hydrogen-bond donors (Lipinski definition) is 2. The molecule has 0 amide bonds. The van der Waals surface area contributed by atoms with Crippen molar-refractivity contribution in [3.05, 3.63) is 50.6 Å². The first-order valence-electron chi connectivity index (χ1n) is 9.51. The second-order valence-corrected chi connectivity index (χ2v) is 8.55. The topological polar surface area (TPSA) is 97.8 Å². The molecule has 8 nitrogen and oxygen atoms in total. The number of fused-ring (bicyclic) bond motifs is 3. The first kappa shape index (κ1) is 18.0. The van der Waals surface area contributed by atoms with Crippen molar-refractivity contribution >= 4 is 51.1 Å². The number of anilines is 1. The largest absolute Gasteiger partial charge is 0.345 e. The normalized spacial score (nSPS) is 20.3. The van der Waals surface area contributed by atoms with Crippen LogP contribution in [0.25, 0.3) is 33.1 Å². The van der Waals surface area contributed by atoms with Crippen LogP contribution in [0, 0.1) is 0 Å². The Kier molecular flexibility index (Phi) is 3.52. The molecule has 30 heavy (non-hydrogen) atoms. The summed E-state index contributed by atoms with van der Waals surface area (Å²) in [6, 6.07) is 3.83. The molecule has 3 aliphatic rings. The summed E-state index contributed by atoms with van der Waals surface area (Å²) in [4.78, 5) is 23.3. The Balaban J connectivity index is 1.56. The molecule has 2 atom stereocenters. The van der Waals surface area contributed by atoms with E-state index in [-0.39, 0.29) is 17.6 Å². The van der Waals surface area contributed by atoms with E-state index in [9.17, 15) is 4.79 Å². The van der Waals surface area contributed by atoms with Crippen molar-refractivity contribution in [2.45, 2.75) is 18.5 Å². The molecule has 1 aromatic carbocycles. The molecular weight excluding hydrogens is 425 g/mol. The fourth-order valence-corrected chi connectivity index (χ4v) is 5.20. The van der Waals surface area contributed by atoms with Crippen molar-refractivity contribution in [2.75, 3.05) is 4.90 Å². The molecule has 4 aromatic rings. The number of H-pyrrole nitrogens is 1. The lowest BCUT2D eigenvalue weighted by Crippen LogP contribution is -2.50. The van der Waals surface area contributed by atoms with Crippen LogP contribution in [0.2, 0.25) is 10.2 Å². The minimum atomic E-state index is -0.153. The fraction of sp³-hybridized carbons (Fsp3) is 0.250.